The van der Waals surface area contributed by atoms with Gasteiger partial charge in [-0.25, -0.2) is 9.18 Å². The van der Waals surface area contributed by atoms with Gasteiger partial charge in [-0.2, -0.15) is 0 Å². The van der Waals surface area contributed by atoms with Gasteiger partial charge in [-0.15, -0.1) is 0 Å². The fourth-order valence-corrected chi connectivity index (χ4v) is 3.06. The Labute approximate surface area is 165 Å². The summed E-state index contributed by atoms with van der Waals surface area (Å²) in [6, 6.07) is 9.72. The number of nitro groups is 1. The van der Waals surface area contributed by atoms with Gasteiger partial charge >= 0.3 is 5.76 Å². The van der Waals surface area contributed by atoms with Gasteiger partial charge in [0.2, 0.25) is 5.91 Å². The molecule has 9 heteroatoms. The maximum Gasteiger partial charge on any atom is 0.420 e. The number of oxazole rings is 1. The average molecular weight is 401 g/mol. The Balaban J connectivity index is 1.92. The highest BCUT2D eigenvalue weighted by Crippen LogP contribution is 2.22. The third-order valence-electron chi connectivity index (χ3n) is 4.50. The minimum atomic E-state index is -0.784. The van der Waals surface area contributed by atoms with E-state index in [-0.39, 0.29) is 35.8 Å². The predicted molar refractivity (Wildman–Crippen MR) is 104 cm³/mol. The first-order valence-corrected chi connectivity index (χ1v) is 8.89. The Kier molecular flexibility index (Phi) is 5.23. The van der Waals surface area contributed by atoms with Gasteiger partial charge in [0.25, 0.3) is 5.69 Å². The van der Waals surface area contributed by atoms with Crippen molar-refractivity contribution in [1.29, 1.82) is 0 Å². The molecule has 0 aliphatic rings. The summed E-state index contributed by atoms with van der Waals surface area (Å²) in [6.07, 6.45) is 0. The lowest BCUT2D eigenvalue weighted by molar-refractivity contribution is -0.384. The quantitative estimate of drug-likeness (QED) is 0.482. The molecule has 3 rings (SSSR count). The van der Waals surface area contributed by atoms with Crippen molar-refractivity contribution in [2.45, 2.75) is 39.4 Å². The van der Waals surface area contributed by atoms with Crippen molar-refractivity contribution in [3.05, 3.63) is 74.5 Å². The van der Waals surface area contributed by atoms with Crippen LogP contribution in [-0.2, 0) is 17.9 Å². The number of nitrogens with zero attached hydrogens (tertiary/aromatic N) is 3. The number of halogens is 1. The minimum absolute atomic E-state index is 0.0319. The summed E-state index contributed by atoms with van der Waals surface area (Å²) in [4.78, 5) is 37.1. The first kappa shape index (κ1) is 20.2. The minimum Gasteiger partial charge on any atom is -0.407 e. The van der Waals surface area contributed by atoms with Crippen LogP contribution in [0.25, 0.3) is 11.1 Å². The molecule has 0 unspecified atom stereocenters. The van der Waals surface area contributed by atoms with Gasteiger partial charge in [0.05, 0.1) is 16.5 Å². The first-order valence-electron chi connectivity index (χ1n) is 8.89. The Morgan fingerprint density at radius 1 is 1.24 bits per heavy atom. The van der Waals surface area contributed by atoms with E-state index in [2.05, 4.69) is 0 Å². The predicted octanol–water partition coefficient (Wildman–Crippen LogP) is 3.47. The second-order valence-electron chi connectivity index (χ2n) is 7.64. The van der Waals surface area contributed by atoms with E-state index in [1.165, 1.54) is 24.3 Å². The molecular weight excluding hydrogens is 381 g/mol. The zero-order chi connectivity index (χ0) is 21.3. The lowest BCUT2D eigenvalue weighted by Crippen LogP contribution is -2.47. The van der Waals surface area contributed by atoms with Crippen LogP contribution in [0.15, 0.2) is 51.7 Å². The Hall–Kier alpha value is -3.49. The highest BCUT2D eigenvalue weighted by Gasteiger charge is 2.28. The molecule has 1 amide bonds. The molecular formula is C20H20FN3O5. The zero-order valence-electron chi connectivity index (χ0n) is 16.2. The molecule has 0 spiro atoms. The number of carbonyl (C=O) groups excluding carboxylic acids is 1. The molecule has 3 aromatic rings. The van der Waals surface area contributed by atoms with E-state index < -0.39 is 22.0 Å². The Morgan fingerprint density at radius 2 is 1.97 bits per heavy atom. The maximum atomic E-state index is 13.5. The topological polar surface area (TPSA) is 98.6 Å². The van der Waals surface area contributed by atoms with Crippen molar-refractivity contribution in [3.8, 4) is 0 Å². The lowest BCUT2D eigenvalue weighted by atomic mass is 10.0. The van der Waals surface area contributed by atoms with Gasteiger partial charge in [0.15, 0.2) is 5.58 Å². The number of amides is 1. The summed E-state index contributed by atoms with van der Waals surface area (Å²) in [7, 11) is 0. The van der Waals surface area contributed by atoms with E-state index in [0.29, 0.717) is 5.56 Å². The molecule has 152 valence electrons. The van der Waals surface area contributed by atoms with Gasteiger partial charge < -0.3 is 9.32 Å². The van der Waals surface area contributed by atoms with E-state index in [4.69, 9.17) is 4.42 Å². The second-order valence-corrected chi connectivity index (χ2v) is 7.64. The average Bonchev–Trinajstić information content (AvgIpc) is 2.93. The number of benzene rings is 2. The number of fused-ring (bicyclic) bond motifs is 1. The van der Waals surface area contributed by atoms with Crippen LogP contribution in [0, 0.1) is 15.9 Å². The van der Waals surface area contributed by atoms with Crippen LogP contribution < -0.4 is 5.76 Å². The Morgan fingerprint density at radius 3 is 2.59 bits per heavy atom. The van der Waals surface area contributed by atoms with E-state index in [1.54, 1.807) is 17.0 Å². The highest BCUT2D eigenvalue weighted by molar-refractivity contribution is 5.81. The van der Waals surface area contributed by atoms with Crippen molar-refractivity contribution in [1.82, 2.24) is 9.47 Å². The van der Waals surface area contributed by atoms with Crippen LogP contribution in [0.5, 0.6) is 0 Å². The molecule has 0 fully saturated rings. The zero-order valence-corrected chi connectivity index (χ0v) is 16.2. The van der Waals surface area contributed by atoms with Crippen molar-refractivity contribution in [3.63, 3.8) is 0 Å². The molecule has 0 saturated carbocycles. The van der Waals surface area contributed by atoms with Crippen molar-refractivity contribution in [2.24, 2.45) is 0 Å². The highest BCUT2D eigenvalue weighted by atomic mass is 19.1. The van der Waals surface area contributed by atoms with E-state index in [0.717, 1.165) is 10.6 Å². The normalized spacial score (nSPS) is 11.6. The van der Waals surface area contributed by atoms with Crippen LogP contribution in [0.4, 0.5) is 10.1 Å². The monoisotopic (exact) mass is 401 g/mol. The Bertz CT molecular complexity index is 1140. The molecule has 1 heterocycles. The summed E-state index contributed by atoms with van der Waals surface area (Å²) in [5, 5.41) is 10.9. The van der Waals surface area contributed by atoms with Crippen LogP contribution >= 0.6 is 0 Å². The molecule has 0 radical (unpaired) electrons. The molecule has 0 N–H and O–H groups in total. The lowest BCUT2D eigenvalue weighted by Gasteiger charge is -2.36. The molecule has 0 bridgehead atoms. The fraction of sp³-hybridized carbons (Fsp3) is 0.300. The number of hydrogen-bond acceptors (Lipinski definition) is 5. The van der Waals surface area contributed by atoms with Gasteiger partial charge in [0.1, 0.15) is 12.4 Å². The van der Waals surface area contributed by atoms with Crippen molar-refractivity contribution in [2.75, 3.05) is 0 Å². The third kappa shape index (κ3) is 4.34. The number of non-ortho nitro benzene ring substituents is 1. The second kappa shape index (κ2) is 7.50. The molecule has 2 aromatic carbocycles. The van der Waals surface area contributed by atoms with Gasteiger partial charge in [-0.3, -0.25) is 19.5 Å². The van der Waals surface area contributed by atoms with Crippen LogP contribution in [0.2, 0.25) is 0 Å². The molecule has 0 saturated heterocycles. The maximum absolute atomic E-state index is 13.5. The summed E-state index contributed by atoms with van der Waals surface area (Å²) in [5.74, 6) is -1.55. The number of nitro benzene ring substituents is 1. The van der Waals surface area contributed by atoms with Gasteiger partial charge in [-0.1, -0.05) is 12.1 Å². The van der Waals surface area contributed by atoms with E-state index >= 15 is 0 Å². The summed E-state index contributed by atoms with van der Waals surface area (Å²) in [5.41, 5.74) is 0.129. The van der Waals surface area contributed by atoms with Crippen molar-refractivity contribution >= 4 is 22.7 Å². The number of aromatic nitrogens is 1. The first-order chi connectivity index (χ1) is 13.6. The number of rotatable bonds is 5. The molecule has 0 atom stereocenters. The van der Waals surface area contributed by atoms with Crippen molar-refractivity contribution < 1.29 is 18.5 Å². The smallest absolute Gasteiger partial charge is 0.407 e. The summed E-state index contributed by atoms with van der Waals surface area (Å²) < 4.78 is 19.7. The fourth-order valence-electron chi connectivity index (χ4n) is 3.06. The molecule has 0 aliphatic carbocycles. The van der Waals surface area contributed by atoms with E-state index in [1.807, 2.05) is 20.8 Å². The SMILES string of the molecule is CC(C)(C)N(Cc1cccc(F)c1)C(=O)Cn1c(=O)oc2cc([N+](=O)[O-])ccc21. The molecule has 8 nitrogen and oxygen atoms in total. The van der Waals surface area contributed by atoms with E-state index in [9.17, 15) is 24.1 Å². The third-order valence-corrected chi connectivity index (χ3v) is 4.50. The number of carbonyl (C=O) groups is 1. The molecule has 29 heavy (non-hydrogen) atoms. The largest absolute Gasteiger partial charge is 0.420 e. The van der Waals surface area contributed by atoms with Crippen LogP contribution in [0.1, 0.15) is 26.3 Å². The van der Waals surface area contributed by atoms with Gasteiger partial charge in [-0.05, 0) is 44.5 Å². The van der Waals surface area contributed by atoms with Crippen LogP contribution in [-0.4, -0.2) is 25.8 Å². The number of hydrogen-bond donors (Lipinski definition) is 0. The van der Waals surface area contributed by atoms with Gasteiger partial charge in [0, 0.05) is 18.2 Å². The van der Waals surface area contributed by atoms with Crippen LogP contribution in [0.3, 0.4) is 0 Å². The summed E-state index contributed by atoms with van der Waals surface area (Å²) >= 11 is 0. The summed E-state index contributed by atoms with van der Waals surface area (Å²) in [6.45, 7) is 5.36. The molecule has 1 aromatic heterocycles. The standard InChI is InChI=1S/C20H20FN3O5/c1-20(2,3)23(11-13-5-4-6-14(21)9-13)18(25)12-22-16-8-7-15(24(27)28)10-17(16)29-19(22)26/h4-10H,11-12H2,1-3H3. The molecule has 0 aliphatic heterocycles.